The van der Waals surface area contributed by atoms with Crippen LogP contribution in [0.5, 0.6) is 0 Å². The van der Waals surface area contributed by atoms with Gasteiger partial charge in [0.1, 0.15) is 5.82 Å². The molecule has 0 radical (unpaired) electrons. The number of hydrogen-bond acceptors (Lipinski definition) is 5. The number of halogens is 1. The van der Waals surface area contributed by atoms with E-state index in [1.54, 1.807) is 30.3 Å². The summed E-state index contributed by atoms with van der Waals surface area (Å²) in [4.78, 5) is 4.44. The number of rotatable bonds is 6. The molecule has 1 N–H and O–H groups in total. The van der Waals surface area contributed by atoms with Crippen LogP contribution in [0.1, 0.15) is 11.1 Å². The van der Waals surface area contributed by atoms with Crippen LogP contribution in [-0.4, -0.2) is 13.4 Å². The lowest BCUT2D eigenvalue weighted by molar-refractivity contribution is 0.576. The maximum Gasteiger partial charge on any atom is 0.234 e. The minimum absolute atomic E-state index is 0.0414. The molecule has 0 fully saturated rings. The maximum atomic E-state index is 13.2. The van der Waals surface area contributed by atoms with Crippen molar-refractivity contribution in [1.29, 1.82) is 0 Å². The Balaban J connectivity index is 1.75. The molecule has 5 nitrogen and oxygen atoms in total. The molecule has 4 aromatic rings. The highest BCUT2D eigenvalue weighted by molar-refractivity contribution is 7.91. The van der Waals surface area contributed by atoms with E-state index in [0.29, 0.717) is 5.56 Å². The molecule has 1 heterocycles. The maximum absolute atomic E-state index is 13.2. The third-order valence-electron chi connectivity index (χ3n) is 4.54. The van der Waals surface area contributed by atoms with Crippen molar-refractivity contribution in [2.24, 2.45) is 0 Å². The normalized spacial score (nSPS) is 11.4. The molecule has 0 aliphatic rings. The van der Waals surface area contributed by atoms with Crippen LogP contribution in [0.2, 0.25) is 0 Å². The highest BCUT2D eigenvalue weighted by atomic mass is 32.2. The van der Waals surface area contributed by atoms with Gasteiger partial charge >= 0.3 is 0 Å². The van der Waals surface area contributed by atoms with Crippen LogP contribution < -0.4 is 5.32 Å². The summed E-state index contributed by atoms with van der Waals surface area (Å²) >= 11 is 0. The topological polar surface area (TPSA) is 72.2 Å². The lowest BCUT2D eigenvalue weighted by Crippen LogP contribution is -2.07. The number of sulfone groups is 1. The molecule has 0 amide bonds. The molecule has 30 heavy (non-hydrogen) atoms. The number of hydrogen-bond donors (Lipinski definition) is 1. The fourth-order valence-corrected chi connectivity index (χ4v) is 4.30. The number of oxazole rings is 1. The van der Waals surface area contributed by atoms with Crippen molar-refractivity contribution in [2.45, 2.75) is 23.4 Å². The van der Waals surface area contributed by atoms with Crippen molar-refractivity contribution in [1.82, 2.24) is 4.98 Å². The van der Waals surface area contributed by atoms with Crippen LogP contribution in [0.4, 0.5) is 10.3 Å². The van der Waals surface area contributed by atoms with E-state index in [0.717, 1.165) is 11.1 Å². The Morgan fingerprint density at radius 2 is 1.70 bits per heavy atom. The van der Waals surface area contributed by atoms with E-state index in [1.165, 1.54) is 24.3 Å². The zero-order valence-electron chi connectivity index (χ0n) is 16.2. The number of nitrogens with zero attached hydrogens (tertiary/aromatic N) is 1. The summed E-state index contributed by atoms with van der Waals surface area (Å²) in [5.41, 5.74) is 2.45. The van der Waals surface area contributed by atoms with E-state index in [4.69, 9.17) is 4.42 Å². The van der Waals surface area contributed by atoms with Gasteiger partial charge in [0, 0.05) is 12.1 Å². The van der Waals surface area contributed by atoms with Gasteiger partial charge in [-0.2, -0.15) is 4.98 Å². The Hall–Kier alpha value is -3.45. The van der Waals surface area contributed by atoms with E-state index in [9.17, 15) is 12.8 Å². The molecule has 4 rings (SSSR count). The molecule has 0 aliphatic heterocycles. The first-order chi connectivity index (χ1) is 14.4. The first-order valence-corrected chi connectivity index (χ1v) is 10.8. The van der Waals surface area contributed by atoms with Crippen molar-refractivity contribution < 1.29 is 17.2 Å². The summed E-state index contributed by atoms with van der Waals surface area (Å²) in [7, 11) is -3.91. The summed E-state index contributed by atoms with van der Waals surface area (Å²) < 4.78 is 45.4. The predicted octanol–water partition coefficient (Wildman–Crippen LogP) is 5.23. The first-order valence-electron chi connectivity index (χ1n) is 9.30. The lowest BCUT2D eigenvalue weighted by Gasteiger charge is -2.06. The predicted molar refractivity (Wildman–Crippen MR) is 112 cm³/mol. The highest BCUT2D eigenvalue weighted by Gasteiger charge is 2.28. The molecule has 1 aromatic heterocycles. The summed E-state index contributed by atoms with van der Waals surface area (Å²) in [6.07, 6.45) is 0. The Morgan fingerprint density at radius 3 is 2.40 bits per heavy atom. The molecular formula is C23H19FN2O3S. The van der Waals surface area contributed by atoms with Crippen molar-refractivity contribution in [2.75, 3.05) is 5.32 Å². The molecule has 0 saturated heterocycles. The van der Waals surface area contributed by atoms with Crippen LogP contribution >= 0.6 is 0 Å². The van der Waals surface area contributed by atoms with Crippen LogP contribution in [0, 0.1) is 12.7 Å². The van der Waals surface area contributed by atoms with Crippen molar-refractivity contribution in [3.05, 3.63) is 95.8 Å². The number of benzene rings is 3. The molecule has 0 spiro atoms. The van der Waals surface area contributed by atoms with Crippen molar-refractivity contribution in [3.63, 3.8) is 0 Å². The standard InChI is InChI=1S/C23H19FN2O3S/c1-16-6-5-7-18(14-16)21-26-23(30(27,28)20-8-3-2-4-9-20)22(29-21)25-15-17-10-12-19(24)13-11-17/h2-14,25H,15H2,1H3. The molecule has 7 heteroatoms. The largest absolute Gasteiger partial charge is 0.419 e. The van der Waals surface area contributed by atoms with Gasteiger partial charge in [0.2, 0.25) is 26.6 Å². The van der Waals surface area contributed by atoms with Gasteiger partial charge in [-0.25, -0.2) is 12.8 Å². The van der Waals surface area contributed by atoms with E-state index in [2.05, 4.69) is 10.3 Å². The fraction of sp³-hybridized carbons (Fsp3) is 0.0870. The first kappa shape index (κ1) is 19.8. The second kappa shape index (κ2) is 8.12. The Kier molecular flexibility index (Phi) is 5.37. The van der Waals surface area contributed by atoms with E-state index in [-0.39, 0.29) is 34.1 Å². The van der Waals surface area contributed by atoms with Gasteiger partial charge in [-0.05, 0) is 48.9 Å². The molecule has 0 bridgehead atoms. The minimum atomic E-state index is -3.91. The number of aromatic nitrogens is 1. The van der Waals surface area contributed by atoms with Gasteiger partial charge < -0.3 is 9.73 Å². The Bertz CT molecular complexity index is 1270. The van der Waals surface area contributed by atoms with Crippen molar-refractivity contribution in [3.8, 4) is 11.5 Å². The second-order valence-electron chi connectivity index (χ2n) is 6.82. The average molecular weight is 422 g/mol. The van der Waals surface area contributed by atoms with E-state index < -0.39 is 9.84 Å². The molecule has 0 unspecified atom stereocenters. The molecule has 0 atom stereocenters. The zero-order valence-corrected chi connectivity index (χ0v) is 17.0. The van der Waals surface area contributed by atoms with E-state index in [1.807, 2.05) is 31.2 Å². The van der Waals surface area contributed by atoms with Gasteiger partial charge in [0.15, 0.2) is 0 Å². The van der Waals surface area contributed by atoms with Gasteiger partial charge in [0.25, 0.3) is 0 Å². The number of nitrogens with one attached hydrogen (secondary N) is 1. The van der Waals surface area contributed by atoms with Crippen LogP contribution in [0.25, 0.3) is 11.5 Å². The summed E-state index contributed by atoms with van der Waals surface area (Å²) in [6, 6.07) is 21.5. The Morgan fingerprint density at radius 1 is 0.967 bits per heavy atom. The van der Waals surface area contributed by atoms with Crippen LogP contribution in [-0.2, 0) is 16.4 Å². The van der Waals surface area contributed by atoms with Crippen LogP contribution in [0.15, 0.2) is 93.2 Å². The van der Waals surface area contributed by atoms with Gasteiger partial charge in [-0.1, -0.05) is 48.0 Å². The Labute approximate surface area is 174 Å². The summed E-state index contributed by atoms with van der Waals surface area (Å²) in [6.45, 7) is 2.18. The van der Waals surface area contributed by atoms with Gasteiger partial charge in [0.05, 0.1) is 4.90 Å². The third kappa shape index (κ3) is 4.11. The number of aryl methyl sites for hydroxylation is 1. The zero-order chi connectivity index (χ0) is 21.1. The minimum Gasteiger partial charge on any atom is -0.419 e. The highest BCUT2D eigenvalue weighted by Crippen LogP contribution is 2.32. The van der Waals surface area contributed by atoms with Crippen LogP contribution in [0.3, 0.4) is 0 Å². The van der Waals surface area contributed by atoms with Gasteiger partial charge in [-0.3, -0.25) is 0 Å². The molecule has 0 saturated carbocycles. The number of anilines is 1. The SMILES string of the molecule is Cc1cccc(-c2nc(S(=O)(=O)c3ccccc3)c(NCc3ccc(F)cc3)o2)c1. The van der Waals surface area contributed by atoms with Gasteiger partial charge in [-0.15, -0.1) is 0 Å². The summed E-state index contributed by atoms with van der Waals surface area (Å²) in [5.74, 6) is -0.0954. The molecule has 0 aliphatic carbocycles. The third-order valence-corrected chi connectivity index (χ3v) is 6.21. The quantitative estimate of drug-likeness (QED) is 0.460. The molecule has 3 aromatic carbocycles. The van der Waals surface area contributed by atoms with E-state index >= 15 is 0 Å². The summed E-state index contributed by atoms with van der Waals surface area (Å²) in [5, 5.41) is 2.81. The monoisotopic (exact) mass is 422 g/mol. The van der Waals surface area contributed by atoms with Crippen molar-refractivity contribution >= 4 is 15.7 Å². The molecular weight excluding hydrogens is 403 g/mol. The second-order valence-corrected chi connectivity index (χ2v) is 8.68. The smallest absolute Gasteiger partial charge is 0.234 e. The average Bonchev–Trinajstić information content (AvgIpc) is 3.19. The molecule has 152 valence electrons. The lowest BCUT2D eigenvalue weighted by atomic mass is 10.1. The fourth-order valence-electron chi connectivity index (χ4n) is 3.00.